The molecule has 0 saturated carbocycles. The molecule has 1 saturated heterocycles. The number of aromatic nitrogens is 3. The van der Waals surface area contributed by atoms with Gasteiger partial charge in [0.25, 0.3) is 0 Å². The molecule has 0 spiro atoms. The molecule has 6 heteroatoms. The number of anilines is 2. The zero-order valence-corrected chi connectivity index (χ0v) is 12.5. The second kappa shape index (κ2) is 5.21. The van der Waals surface area contributed by atoms with Crippen molar-refractivity contribution in [3.63, 3.8) is 0 Å². The van der Waals surface area contributed by atoms with Gasteiger partial charge in [-0.1, -0.05) is 6.07 Å². The highest BCUT2D eigenvalue weighted by atomic mass is 15.2. The molecule has 0 radical (unpaired) electrons. The molecule has 1 aliphatic carbocycles. The van der Waals surface area contributed by atoms with E-state index >= 15 is 0 Å². The topological polar surface area (TPSA) is 94.0 Å². The molecule has 6 nitrogen and oxygen atoms in total. The van der Waals surface area contributed by atoms with Crippen molar-refractivity contribution < 1.29 is 0 Å². The van der Waals surface area contributed by atoms with Crippen LogP contribution in [0.3, 0.4) is 0 Å². The van der Waals surface area contributed by atoms with E-state index in [0.29, 0.717) is 5.95 Å². The monoisotopic (exact) mass is 296 g/mol. The Hall–Kier alpha value is -2.21. The van der Waals surface area contributed by atoms with Crippen molar-refractivity contribution >= 4 is 11.8 Å². The summed E-state index contributed by atoms with van der Waals surface area (Å²) in [5.41, 5.74) is 16.3. The van der Waals surface area contributed by atoms with Gasteiger partial charge < -0.3 is 16.4 Å². The molecule has 0 amide bonds. The number of hydrogen-bond acceptors (Lipinski definition) is 6. The van der Waals surface area contributed by atoms with Gasteiger partial charge in [-0.2, -0.15) is 4.98 Å². The lowest BCUT2D eigenvalue weighted by molar-refractivity contribution is 0.750. The third-order valence-corrected chi connectivity index (χ3v) is 4.52. The quantitative estimate of drug-likeness (QED) is 0.820. The Morgan fingerprint density at radius 1 is 1.18 bits per heavy atom. The second-order valence-corrected chi connectivity index (χ2v) is 6.09. The molecule has 114 valence electrons. The molecule has 2 aromatic rings. The van der Waals surface area contributed by atoms with Crippen LogP contribution in [0.25, 0.3) is 11.4 Å². The summed E-state index contributed by atoms with van der Waals surface area (Å²) >= 11 is 0. The van der Waals surface area contributed by atoms with Crippen molar-refractivity contribution in [2.75, 3.05) is 23.7 Å². The van der Waals surface area contributed by atoms with Crippen LogP contribution in [0, 0.1) is 0 Å². The first-order chi connectivity index (χ1) is 10.7. The molecular formula is C16H20N6. The molecule has 2 aliphatic rings. The number of pyridine rings is 1. The van der Waals surface area contributed by atoms with Crippen LogP contribution in [-0.2, 0) is 12.8 Å². The highest BCUT2D eigenvalue weighted by Gasteiger charge is 2.27. The first kappa shape index (κ1) is 13.5. The zero-order valence-electron chi connectivity index (χ0n) is 12.5. The van der Waals surface area contributed by atoms with Crippen LogP contribution in [0.15, 0.2) is 18.3 Å². The van der Waals surface area contributed by atoms with Crippen LogP contribution in [0.4, 0.5) is 11.8 Å². The number of aryl methyl sites for hydroxylation is 1. The maximum Gasteiger partial charge on any atom is 0.222 e. The Morgan fingerprint density at radius 3 is 2.91 bits per heavy atom. The Morgan fingerprint density at radius 2 is 2.09 bits per heavy atom. The van der Waals surface area contributed by atoms with E-state index in [1.165, 1.54) is 11.1 Å². The summed E-state index contributed by atoms with van der Waals surface area (Å²) in [4.78, 5) is 15.8. The smallest absolute Gasteiger partial charge is 0.222 e. The standard InChI is InChI=1S/C16H20N6/c17-11-6-8-22(9-11)15-12-5-1-3-10-4-2-7-19-13(10)14(12)20-16(18)21-15/h2,4,7,11H,1,3,5-6,8-9,17H2,(H2,18,20,21)/t11-/m1/s1. The summed E-state index contributed by atoms with van der Waals surface area (Å²) in [6.45, 7) is 1.76. The van der Waals surface area contributed by atoms with Crippen molar-refractivity contribution in [3.8, 4) is 11.4 Å². The molecule has 1 atom stereocenters. The molecule has 0 unspecified atom stereocenters. The normalized spacial score (nSPS) is 20.4. The van der Waals surface area contributed by atoms with E-state index in [9.17, 15) is 0 Å². The van der Waals surface area contributed by atoms with Crippen molar-refractivity contribution in [3.05, 3.63) is 29.5 Å². The molecule has 3 heterocycles. The van der Waals surface area contributed by atoms with Gasteiger partial charge in [-0.3, -0.25) is 4.98 Å². The minimum atomic E-state index is 0.211. The van der Waals surface area contributed by atoms with Crippen molar-refractivity contribution in [1.29, 1.82) is 0 Å². The van der Waals surface area contributed by atoms with Crippen LogP contribution >= 0.6 is 0 Å². The molecule has 1 aliphatic heterocycles. The summed E-state index contributed by atoms with van der Waals surface area (Å²) in [5, 5.41) is 0. The van der Waals surface area contributed by atoms with E-state index in [4.69, 9.17) is 11.5 Å². The number of nitrogen functional groups attached to an aromatic ring is 1. The SMILES string of the molecule is Nc1nc2c(c(N3CC[C@@H](N)C3)n1)CCCc1cccnc1-2. The maximum absolute atomic E-state index is 6.06. The van der Waals surface area contributed by atoms with Gasteiger partial charge in [0, 0.05) is 30.9 Å². The average molecular weight is 296 g/mol. The molecule has 0 bridgehead atoms. The van der Waals surface area contributed by atoms with Gasteiger partial charge in [-0.15, -0.1) is 0 Å². The number of nitrogens with two attached hydrogens (primary N) is 2. The van der Waals surface area contributed by atoms with Crippen LogP contribution in [0.1, 0.15) is 24.0 Å². The minimum Gasteiger partial charge on any atom is -0.368 e. The predicted molar refractivity (Wildman–Crippen MR) is 86.5 cm³/mol. The molecule has 0 aromatic carbocycles. The minimum absolute atomic E-state index is 0.211. The van der Waals surface area contributed by atoms with E-state index in [2.05, 4.69) is 25.9 Å². The van der Waals surface area contributed by atoms with Gasteiger partial charge in [0.05, 0.1) is 11.4 Å². The predicted octanol–water partition coefficient (Wildman–Crippen LogP) is 1.15. The highest BCUT2D eigenvalue weighted by Crippen LogP contribution is 2.35. The van der Waals surface area contributed by atoms with Crippen LogP contribution in [0.2, 0.25) is 0 Å². The van der Waals surface area contributed by atoms with Gasteiger partial charge in [0.2, 0.25) is 5.95 Å². The average Bonchev–Trinajstić information content (AvgIpc) is 2.86. The summed E-state index contributed by atoms with van der Waals surface area (Å²) in [6, 6.07) is 4.32. The lowest BCUT2D eigenvalue weighted by Crippen LogP contribution is -2.28. The largest absolute Gasteiger partial charge is 0.368 e. The fourth-order valence-corrected chi connectivity index (χ4v) is 3.47. The number of fused-ring (bicyclic) bond motifs is 3. The number of hydrogen-bond donors (Lipinski definition) is 2. The number of nitrogens with zero attached hydrogens (tertiary/aromatic N) is 4. The lowest BCUT2D eigenvalue weighted by atomic mass is 10.1. The highest BCUT2D eigenvalue weighted by molar-refractivity contribution is 5.71. The van der Waals surface area contributed by atoms with E-state index in [1.54, 1.807) is 0 Å². The van der Waals surface area contributed by atoms with Crippen LogP contribution < -0.4 is 16.4 Å². The summed E-state index contributed by atoms with van der Waals surface area (Å²) in [5.74, 6) is 1.27. The van der Waals surface area contributed by atoms with Gasteiger partial charge in [0.1, 0.15) is 5.82 Å². The second-order valence-electron chi connectivity index (χ2n) is 6.09. The van der Waals surface area contributed by atoms with Crippen LogP contribution in [-0.4, -0.2) is 34.1 Å². The van der Waals surface area contributed by atoms with Gasteiger partial charge in [-0.25, -0.2) is 4.98 Å². The molecule has 22 heavy (non-hydrogen) atoms. The van der Waals surface area contributed by atoms with Gasteiger partial charge >= 0.3 is 0 Å². The van der Waals surface area contributed by atoms with E-state index in [-0.39, 0.29) is 6.04 Å². The fourth-order valence-electron chi connectivity index (χ4n) is 3.47. The van der Waals surface area contributed by atoms with Crippen molar-refractivity contribution in [2.24, 2.45) is 5.73 Å². The molecule has 4 N–H and O–H groups in total. The fraction of sp³-hybridized carbons (Fsp3) is 0.438. The molecular weight excluding hydrogens is 276 g/mol. The van der Waals surface area contributed by atoms with E-state index in [1.807, 2.05) is 12.3 Å². The van der Waals surface area contributed by atoms with E-state index < -0.39 is 0 Å². The van der Waals surface area contributed by atoms with Crippen molar-refractivity contribution in [1.82, 2.24) is 15.0 Å². The van der Waals surface area contributed by atoms with Gasteiger partial charge in [0.15, 0.2) is 0 Å². The molecule has 2 aromatic heterocycles. The zero-order chi connectivity index (χ0) is 15.1. The van der Waals surface area contributed by atoms with Crippen LogP contribution in [0.5, 0.6) is 0 Å². The Kier molecular flexibility index (Phi) is 3.18. The summed E-state index contributed by atoms with van der Waals surface area (Å²) in [6.07, 6.45) is 5.85. The first-order valence-electron chi connectivity index (χ1n) is 7.83. The van der Waals surface area contributed by atoms with E-state index in [0.717, 1.165) is 56.0 Å². The third kappa shape index (κ3) is 2.20. The molecule has 1 fully saturated rings. The summed E-state index contributed by atoms with van der Waals surface area (Å²) < 4.78 is 0. The van der Waals surface area contributed by atoms with Gasteiger partial charge in [-0.05, 0) is 37.3 Å². The number of rotatable bonds is 1. The Bertz CT molecular complexity index is 714. The lowest BCUT2D eigenvalue weighted by Gasteiger charge is -2.21. The maximum atomic E-state index is 6.06. The Labute approximate surface area is 129 Å². The first-order valence-corrected chi connectivity index (χ1v) is 7.83. The third-order valence-electron chi connectivity index (χ3n) is 4.52. The van der Waals surface area contributed by atoms with Crippen molar-refractivity contribution in [2.45, 2.75) is 31.7 Å². The Balaban J connectivity index is 1.89. The molecule has 4 rings (SSSR count). The summed E-state index contributed by atoms with van der Waals surface area (Å²) in [7, 11) is 0.